The van der Waals surface area contributed by atoms with Gasteiger partial charge >= 0.3 is 139 Å². The van der Waals surface area contributed by atoms with Gasteiger partial charge in [0.25, 0.3) is 0 Å². The van der Waals surface area contributed by atoms with Crippen molar-refractivity contribution in [3.63, 3.8) is 0 Å². The minimum Gasteiger partial charge on any atom is -1.00 e. The Morgan fingerprint density at radius 1 is 0.295 bits per heavy atom. The van der Waals surface area contributed by atoms with Gasteiger partial charge in [0.15, 0.2) is 34.9 Å². The summed E-state index contributed by atoms with van der Waals surface area (Å²) in [5, 5.41) is 7.28. The van der Waals surface area contributed by atoms with Crippen LogP contribution in [0.1, 0.15) is 55.6 Å². The summed E-state index contributed by atoms with van der Waals surface area (Å²) in [5.41, 5.74) is 28.7. The number of aromatic nitrogens is 12. The largest absolute Gasteiger partial charge is 1.00 e. The molecule has 0 atom stereocenters. The maximum atomic E-state index is 9.96. The van der Waals surface area contributed by atoms with E-state index in [4.69, 9.17) is 52.2 Å². The van der Waals surface area contributed by atoms with Gasteiger partial charge in [-0.3, -0.25) is 13.5 Å². The number of hydrogen-bond acceptors (Lipinski definition) is 11. The number of H-pyrrole nitrogens is 1. The van der Waals surface area contributed by atoms with Crippen LogP contribution in [0, 0.1) is 0 Å². The molecule has 7 heterocycles. The Hall–Kier alpha value is -11.7. The maximum Gasteiger partial charge on any atom is 1.00 e. The molecule has 3 aliphatic rings. The zero-order valence-corrected chi connectivity index (χ0v) is 96.8. The van der Waals surface area contributed by atoms with Gasteiger partial charge in [-0.25, -0.2) is 15.0 Å². The monoisotopic (exact) mass is 2210 g/mol. The molecule has 0 spiro atoms. The van der Waals surface area contributed by atoms with Crippen LogP contribution in [0.2, 0.25) is 5.28 Å². The number of alkyl halides is 1. The van der Waals surface area contributed by atoms with Gasteiger partial charge in [-0.1, -0.05) is 412 Å². The number of benzene rings is 18. The zero-order valence-electron chi connectivity index (χ0n) is 87.0. The summed E-state index contributed by atoms with van der Waals surface area (Å²) in [6.07, 6.45) is 2.11. The number of hydrogen-bond donors (Lipinski definition) is 1. The van der Waals surface area contributed by atoms with Gasteiger partial charge in [-0.2, -0.15) is 29.9 Å². The van der Waals surface area contributed by atoms with Crippen LogP contribution in [-0.2, 0) is 22.2 Å². The Kier molecular flexibility index (Phi) is 34.6. The van der Waals surface area contributed by atoms with Gasteiger partial charge in [0.2, 0.25) is 17.2 Å². The summed E-state index contributed by atoms with van der Waals surface area (Å²) in [7, 11) is -1.29. The van der Waals surface area contributed by atoms with Crippen molar-refractivity contribution < 1.29 is 152 Å². The molecule has 0 bridgehead atoms. The van der Waals surface area contributed by atoms with Crippen molar-refractivity contribution >= 4 is 137 Å². The van der Waals surface area contributed by atoms with Gasteiger partial charge in [-0.15, -0.1) is 0 Å². The minimum absolute atomic E-state index is 0. The van der Waals surface area contributed by atoms with Crippen LogP contribution < -0.4 is 138 Å². The first kappa shape index (κ1) is 106. The number of aromatic amines is 1. The van der Waals surface area contributed by atoms with E-state index in [0.29, 0.717) is 46.8 Å². The predicted molar refractivity (Wildman–Crippen MR) is 611 cm³/mol. The zero-order chi connectivity index (χ0) is 100. The van der Waals surface area contributed by atoms with Crippen molar-refractivity contribution in [3.05, 3.63) is 490 Å². The van der Waals surface area contributed by atoms with E-state index < -0.39 is 7.15 Å². The Labute approximate surface area is 1010 Å². The second-order valence-corrected chi connectivity index (χ2v) is 39.5. The number of nitrogens with one attached hydrogen (secondary N) is 1. The quantitative estimate of drug-likeness (QED) is 0.123. The van der Waals surface area contributed by atoms with E-state index in [9.17, 15) is 4.39 Å². The van der Waals surface area contributed by atoms with Crippen LogP contribution in [0.25, 0.3) is 190 Å². The standard InChI is InChI=1S/C39H25N5.C27H17BrN4.C19H21BO2.C15H10ClN3.C13H9Br.C12H9Br.CH3F.2K.Na.3H/c1-3-11-25(12-4-1)37-41-38(26-13-5-2-6-14-26)43-39(42-37)44-35-18-10-8-16-30(35)32-24-28(20-22-36(32)44)27-19-21-34-31(23-27)29-15-7-9-17-33(29)40-34;28-20-15-16-24-22(17-20)21-13-7-8-14-23(21)32(24)27-30-25(18-9-3-1-4-10-18)29-26(31-27)19-11-5-2-6-12-19;1-18(2)19(3,4)22-20(21-18)15-10-9-14-11-13-7-5-6-8-16(13)17(14)12-15;16-15-18-13(11-7-3-1-4-8-11)17-14(19-15)12-9-5-2-6-10-12;14-11-6-5-10-7-9-3-1-2-4-12(9)13(10)8-11;13-12-8-6-11(7-9-12)10-4-2-1-3-5-10;1-2;;;;;;/h1-24,40H;1-17H;5-10,12H,11H2,1-4H3;1-10H;1-6,8H,7H2;1-9H;1H3;;;;;;/q;;;;;;;3*+1;3*-1/i;;;;;;1D;;;;;;. The van der Waals surface area contributed by atoms with Gasteiger partial charge in [0.1, 0.15) is 0 Å². The fraction of sp³-hybridized carbons (Fsp3) is 0.0714. The van der Waals surface area contributed by atoms with Gasteiger partial charge in [0, 0.05) is 90.1 Å². The minimum atomic E-state index is -1.00. The van der Waals surface area contributed by atoms with Gasteiger partial charge in [-0.05, 0) is 209 Å². The number of fused-ring (bicyclic) bond motifs is 15. The van der Waals surface area contributed by atoms with Crippen LogP contribution in [-0.4, -0.2) is 84.4 Å². The molecule has 14 nitrogen and oxygen atoms in total. The second-order valence-electron chi connectivity index (χ2n) is 36.4. The van der Waals surface area contributed by atoms with Crippen molar-refractivity contribution in [1.82, 2.24) is 59.0 Å². The van der Waals surface area contributed by atoms with Crippen molar-refractivity contribution in [2.75, 3.05) is 7.15 Å². The molecule has 714 valence electrons. The topological polar surface area (TPSA) is 160 Å². The third-order valence-corrected chi connectivity index (χ3v) is 28.3. The van der Waals surface area contributed by atoms with E-state index in [0.717, 1.165) is 125 Å². The average molecular weight is 2220 g/mol. The molecule has 1 N–H and O–H groups in total. The number of halogens is 5. The molecule has 18 aromatic carbocycles. The van der Waals surface area contributed by atoms with E-state index in [1.165, 1.54) is 72.0 Å². The average Bonchev–Trinajstić information content (AvgIpc) is 1.58. The summed E-state index contributed by atoms with van der Waals surface area (Å²) in [6.45, 7) is 8.37. The first-order valence-corrected chi connectivity index (χ1v) is 50.8. The molecule has 27 rings (SSSR count). The molecular formula is C126H97BBr3ClFK2N12NaO2. The van der Waals surface area contributed by atoms with Gasteiger partial charge in [0.05, 0.1) is 41.8 Å². The normalized spacial score (nSPS) is 12.4. The molecule has 6 aromatic heterocycles. The Bertz CT molecular complexity index is 8720. The van der Waals surface area contributed by atoms with Crippen LogP contribution in [0.5, 0.6) is 0 Å². The van der Waals surface area contributed by atoms with Gasteiger partial charge < -0.3 is 18.6 Å². The Morgan fingerprint density at radius 3 is 1.05 bits per heavy atom. The van der Waals surface area contributed by atoms with E-state index in [1.54, 1.807) is 0 Å². The Balaban J connectivity index is 0.000000142. The molecule has 24 aromatic rings. The number of rotatable bonds is 11. The van der Waals surface area contributed by atoms with Crippen LogP contribution in [0.3, 0.4) is 0 Å². The molecule has 1 saturated heterocycles. The SMILES string of the molecule is Brc1ccc(-c2ccccc2)cc1.Brc1ccc2c(c1)-c1ccccc1C2.Brc1ccc2c(c1)c1ccccc1n2-c1nc(-c2ccccc2)nc(-c2ccccc2)n1.CC1(C)OB(c2ccc3c(c2)-c2ccccc2C3)OC1(C)C.Clc1nc(-c2ccccc2)nc(-c2ccccc2)n1.[2H]CF.[H-].[H-].[H-].[K+].[K+].[Na+].c1ccc(-c2nc(-c3ccccc3)nc(-n3c4ccccc4c4cc(-c5ccc6[nH]c7ccccc7c6c5)ccc43)n2)cc1. The van der Waals surface area contributed by atoms with Crippen LogP contribution in [0.4, 0.5) is 4.39 Å². The third-order valence-electron chi connectivity index (χ3n) is 26.7. The molecular weight excluding hydrogens is 2120 g/mol. The van der Waals surface area contributed by atoms with Crippen LogP contribution in [0.15, 0.2) is 462 Å². The molecule has 0 saturated carbocycles. The molecule has 1 fully saturated rings. The van der Waals surface area contributed by atoms with Crippen molar-refractivity contribution in [2.45, 2.75) is 51.7 Å². The smallest absolute Gasteiger partial charge is 1.00 e. The van der Waals surface area contributed by atoms with E-state index in [1.807, 2.05) is 194 Å². The summed E-state index contributed by atoms with van der Waals surface area (Å²) in [4.78, 5) is 46.0. The summed E-state index contributed by atoms with van der Waals surface area (Å²) in [5.74, 6) is 4.95. The van der Waals surface area contributed by atoms with E-state index in [2.05, 4.69) is 359 Å². The van der Waals surface area contributed by atoms with Crippen LogP contribution >= 0.6 is 59.4 Å². The van der Waals surface area contributed by atoms with Crippen molar-refractivity contribution in [3.8, 4) is 125 Å². The predicted octanol–water partition coefficient (Wildman–Crippen LogP) is 24.2. The van der Waals surface area contributed by atoms with E-state index >= 15 is 0 Å². The maximum absolute atomic E-state index is 9.96. The first-order chi connectivity index (χ1) is 71.9. The second kappa shape index (κ2) is 48.7. The summed E-state index contributed by atoms with van der Waals surface area (Å²) in [6, 6.07) is 154. The molecule has 1 aliphatic heterocycles. The molecule has 0 radical (unpaired) electrons. The third kappa shape index (κ3) is 23.8. The van der Waals surface area contributed by atoms with E-state index in [-0.39, 0.29) is 160 Å². The summed E-state index contributed by atoms with van der Waals surface area (Å²) < 4.78 is 35.5. The molecule has 2 aliphatic carbocycles. The molecule has 149 heavy (non-hydrogen) atoms. The summed E-state index contributed by atoms with van der Waals surface area (Å²) >= 11 is 16.5. The number of para-hydroxylation sites is 3. The first-order valence-electron chi connectivity index (χ1n) is 48.7. The van der Waals surface area contributed by atoms with Crippen molar-refractivity contribution in [2.24, 2.45) is 0 Å². The molecule has 23 heteroatoms. The Morgan fingerprint density at radius 2 is 0.597 bits per heavy atom. The fourth-order valence-corrected chi connectivity index (χ4v) is 19.9. The molecule has 0 amide bonds. The molecule has 0 unspecified atom stereocenters. The number of nitrogens with zero attached hydrogens (tertiary/aromatic N) is 11. The fourth-order valence-electron chi connectivity index (χ4n) is 18.8. The van der Waals surface area contributed by atoms with Crippen molar-refractivity contribution in [1.29, 1.82) is 0 Å².